The fourth-order valence-corrected chi connectivity index (χ4v) is 2.33. The van der Waals surface area contributed by atoms with Gasteiger partial charge in [0.05, 0.1) is 12.3 Å². The van der Waals surface area contributed by atoms with Crippen LogP contribution in [0.25, 0.3) is 0 Å². The molecular formula is C20H30N4O3. The Morgan fingerprint density at radius 2 is 2.11 bits per heavy atom. The van der Waals surface area contributed by atoms with Crippen molar-refractivity contribution in [2.45, 2.75) is 39.7 Å². The van der Waals surface area contributed by atoms with Gasteiger partial charge < -0.3 is 24.6 Å². The maximum Gasteiger partial charge on any atom is 0.196 e. The zero-order valence-electron chi connectivity index (χ0n) is 16.6. The second kappa shape index (κ2) is 11.2. The van der Waals surface area contributed by atoms with E-state index in [4.69, 9.17) is 14.0 Å². The molecule has 0 aliphatic carbocycles. The zero-order chi connectivity index (χ0) is 19.5. The van der Waals surface area contributed by atoms with Crippen LogP contribution in [0.1, 0.15) is 44.6 Å². The number of nitrogens with one attached hydrogen (secondary N) is 2. The molecule has 1 aromatic heterocycles. The van der Waals surface area contributed by atoms with Crippen molar-refractivity contribution < 1.29 is 14.0 Å². The minimum absolute atomic E-state index is 0.337. The normalized spacial score (nSPS) is 11.7. The van der Waals surface area contributed by atoms with E-state index in [1.54, 1.807) is 7.11 Å². The molecule has 0 saturated carbocycles. The Hall–Kier alpha value is -2.54. The SMILES string of the molecule is CCNC(=NCc1cc(C(C)C)no1)Nc1cccc(OCCCOC)c1. The van der Waals surface area contributed by atoms with E-state index in [-0.39, 0.29) is 0 Å². The minimum atomic E-state index is 0.337. The van der Waals surface area contributed by atoms with Crippen LogP contribution in [0.15, 0.2) is 39.8 Å². The van der Waals surface area contributed by atoms with Crippen molar-refractivity contribution in [3.63, 3.8) is 0 Å². The first kappa shape index (κ1) is 20.8. The summed E-state index contributed by atoms with van der Waals surface area (Å²) in [6, 6.07) is 9.75. The summed E-state index contributed by atoms with van der Waals surface area (Å²) in [6.07, 6.45) is 0.855. The number of aromatic nitrogens is 1. The molecule has 0 atom stereocenters. The lowest BCUT2D eigenvalue weighted by molar-refractivity contribution is 0.172. The van der Waals surface area contributed by atoms with Crippen molar-refractivity contribution in [1.29, 1.82) is 0 Å². The number of rotatable bonds is 10. The largest absolute Gasteiger partial charge is 0.493 e. The fourth-order valence-electron chi connectivity index (χ4n) is 2.33. The van der Waals surface area contributed by atoms with Crippen LogP contribution >= 0.6 is 0 Å². The number of hydrogen-bond acceptors (Lipinski definition) is 5. The predicted molar refractivity (Wildman–Crippen MR) is 107 cm³/mol. The molecule has 0 fully saturated rings. The van der Waals surface area contributed by atoms with Gasteiger partial charge in [-0.25, -0.2) is 4.99 Å². The summed E-state index contributed by atoms with van der Waals surface area (Å²) < 4.78 is 16.1. The van der Waals surface area contributed by atoms with E-state index in [0.717, 1.165) is 35.9 Å². The Balaban J connectivity index is 1.97. The van der Waals surface area contributed by atoms with Crippen LogP contribution in [0.4, 0.5) is 5.69 Å². The number of hydrogen-bond donors (Lipinski definition) is 2. The fraction of sp³-hybridized carbons (Fsp3) is 0.500. The molecule has 0 radical (unpaired) electrons. The van der Waals surface area contributed by atoms with Gasteiger partial charge in [0.2, 0.25) is 0 Å². The summed E-state index contributed by atoms with van der Waals surface area (Å²) in [5.74, 6) is 2.57. The van der Waals surface area contributed by atoms with Gasteiger partial charge in [-0.15, -0.1) is 0 Å². The van der Waals surface area contributed by atoms with Gasteiger partial charge in [-0.1, -0.05) is 25.1 Å². The van der Waals surface area contributed by atoms with Crippen molar-refractivity contribution in [3.05, 3.63) is 41.8 Å². The molecule has 27 heavy (non-hydrogen) atoms. The lowest BCUT2D eigenvalue weighted by Gasteiger charge is -2.12. The number of nitrogens with zero attached hydrogens (tertiary/aromatic N) is 2. The standard InChI is InChI=1S/C20H30N4O3/c1-5-21-20(22-14-18-13-19(15(2)3)24-27-18)23-16-8-6-9-17(12-16)26-11-7-10-25-4/h6,8-9,12-13,15H,5,7,10-11,14H2,1-4H3,(H2,21,22,23). The molecule has 0 aliphatic heterocycles. The Labute approximate surface area is 161 Å². The van der Waals surface area contributed by atoms with E-state index in [1.165, 1.54) is 0 Å². The molecule has 0 aliphatic rings. The molecule has 148 valence electrons. The molecule has 0 amide bonds. The van der Waals surface area contributed by atoms with Gasteiger partial charge in [-0.2, -0.15) is 0 Å². The third-order valence-corrected chi connectivity index (χ3v) is 3.76. The predicted octanol–water partition coefficient (Wildman–Crippen LogP) is 3.79. The van der Waals surface area contributed by atoms with E-state index in [9.17, 15) is 0 Å². The van der Waals surface area contributed by atoms with E-state index >= 15 is 0 Å². The molecule has 1 aromatic carbocycles. The maximum absolute atomic E-state index is 5.74. The van der Waals surface area contributed by atoms with Crippen LogP contribution in [0.2, 0.25) is 0 Å². The smallest absolute Gasteiger partial charge is 0.196 e. The Kier molecular flexibility index (Phi) is 8.64. The number of guanidine groups is 1. The monoisotopic (exact) mass is 374 g/mol. The van der Waals surface area contributed by atoms with E-state index < -0.39 is 0 Å². The molecule has 7 heteroatoms. The lowest BCUT2D eigenvalue weighted by Crippen LogP contribution is -2.30. The van der Waals surface area contributed by atoms with Gasteiger partial charge in [0.1, 0.15) is 12.3 Å². The van der Waals surface area contributed by atoms with Crippen LogP contribution in [0.3, 0.4) is 0 Å². The second-order valence-corrected chi connectivity index (χ2v) is 6.42. The summed E-state index contributed by atoms with van der Waals surface area (Å²) in [5.41, 5.74) is 1.84. The maximum atomic E-state index is 5.74. The molecule has 0 spiro atoms. The second-order valence-electron chi connectivity index (χ2n) is 6.42. The van der Waals surface area contributed by atoms with Crippen LogP contribution in [0.5, 0.6) is 5.75 Å². The lowest BCUT2D eigenvalue weighted by atomic mass is 10.1. The Morgan fingerprint density at radius 3 is 2.81 bits per heavy atom. The van der Waals surface area contributed by atoms with Crippen LogP contribution < -0.4 is 15.4 Å². The molecule has 0 bridgehead atoms. The highest BCUT2D eigenvalue weighted by Crippen LogP contribution is 2.18. The summed E-state index contributed by atoms with van der Waals surface area (Å²) in [7, 11) is 1.69. The van der Waals surface area contributed by atoms with Crippen LogP contribution in [-0.2, 0) is 11.3 Å². The number of benzene rings is 1. The topological polar surface area (TPSA) is 80.9 Å². The third kappa shape index (κ3) is 7.30. The summed E-state index contributed by atoms with van der Waals surface area (Å²) in [4.78, 5) is 4.57. The Morgan fingerprint density at radius 1 is 1.26 bits per heavy atom. The van der Waals surface area contributed by atoms with Crippen molar-refractivity contribution in [3.8, 4) is 5.75 Å². The van der Waals surface area contributed by atoms with Crippen molar-refractivity contribution >= 4 is 11.6 Å². The highest BCUT2D eigenvalue weighted by molar-refractivity contribution is 5.93. The average molecular weight is 374 g/mol. The van der Waals surface area contributed by atoms with Gasteiger partial charge in [-0.3, -0.25) is 0 Å². The van der Waals surface area contributed by atoms with Crippen molar-refractivity contribution in [2.75, 3.05) is 32.2 Å². The van der Waals surface area contributed by atoms with Gasteiger partial charge in [0.25, 0.3) is 0 Å². The zero-order valence-corrected chi connectivity index (χ0v) is 16.6. The van der Waals surface area contributed by atoms with E-state index in [1.807, 2.05) is 37.3 Å². The highest BCUT2D eigenvalue weighted by Gasteiger charge is 2.08. The average Bonchev–Trinajstić information content (AvgIpc) is 3.13. The van der Waals surface area contributed by atoms with Crippen molar-refractivity contribution in [2.24, 2.45) is 4.99 Å². The number of methoxy groups -OCH3 is 1. The molecular weight excluding hydrogens is 344 g/mol. The first-order valence-electron chi connectivity index (χ1n) is 9.35. The summed E-state index contributed by atoms with van der Waals surface area (Å²) in [6.45, 7) is 8.68. The molecule has 0 saturated heterocycles. The van der Waals surface area contributed by atoms with Crippen LogP contribution in [0, 0.1) is 0 Å². The summed E-state index contributed by atoms with van der Waals surface area (Å²) in [5, 5.41) is 10.6. The number of aliphatic imine (C=N–C) groups is 1. The number of ether oxygens (including phenoxy) is 2. The van der Waals surface area contributed by atoms with Gasteiger partial charge >= 0.3 is 0 Å². The molecule has 1 heterocycles. The molecule has 0 unspecified atom stereocenters. The van der Waals surface area contributed by atoms with Gasteiger partial charge in [-0.05, 0) is 25.0 Å². The molecule has 7 nitrogen and oxygen atoms in total. The molecule has 2 aromatic rings. The number of anilines is 1. The highest BCUT2D eigenvalue weighted by atomic mass is 16.5. The first-order chi connectivity index (χ1) is 13.1. The quantitative estimate of drug-likeness (QED) is 0.374. The van der Waals surface area contributed by atoms with E-state index in [2.05, 4.69) is 34.6 Å². The summed E-state index contributed by atoms with van der Waals surface area (Å²) >= 11 is 0. The molecule has 2 N–H and O–H groups in total. The van der Waals surface area contributed by atoms with E-state index in [0.29, 0.717) is 31.6 Å². The van der Waals surface area contributed by atoms with Crippen LogP contribution in [-0.4, -0.2) is 38.0 Å². The first-order valence-corrected chi connectivity index (χ1v) is 9.35. The third-order valence-electron chi connectivity index (χ3n) is 3.76. The molecule has 2 rings (SSSR count). The van der Waals surface area contributed by atoms with Gasteiger partial charge in [0, 0.05) is 44.5 Å². The Bertz CT molecular complexity index is 713. The minimum Gasteiger partial charge on any atom is -0.493 e. The van der Waals surface area contributed by atoms with Crippen molar-refractivity contribution in [1.82, 2.24) is 10.5 Å². The van der Waals surface area contributed by atoms with Gasteiger partial charge in [0.15, 0.2) is 11.7 Å².